The van der Waals surface area contributed by atoms with E-state index in [1.54, 1.807) is 0 Å². The van der Waals surface area contributed by atoms with E-state index in [4.69, 9.17) is 10.9 Å². The lowest BCUT2D eigenvalue weighted by Crippen LogP contribution is -2.28. The third-order valence-corrected chi connectivity index (χ3v) is 2.85. The molecule has 1 aliphatic carbocycles. The number of nitrogens with two attached hydrogens (primary N) is 1. The Hall–Kier alpha value is -0.770. The second-order valence-corrected chi connectivity index (χ2v) is 4.30. The average molecular weight is 199 g/mol. The van der Waals surface area contributed by atoms with Gasteiger partial charge in [-0.2, -0.15) is 0 Å². The van der Waals surface area contributed by atoms with Crippen molar-refractivity contribution in [1.82, 2.24) is 5.32 Å². The van der Waals surface area contributed by atoms with E-state index in [-0.39, 0.29) is 0 Å². The van der Waals surface area contributed by atoms with E-state index in [1.807, 2.05) is 0 Å². The number of nitrogens with zero attached hydrogens (tertiary/aromatic N) is 1. The Morgan fingerprint density at radius 2 is 2.29 bits per heavy atom. The Morgan fingerprint density at radius 1 is 1.57 bits per heavy atom. The standard InChI is InChI=1S/C10H21N3O/c1-2-3-6-12-8-10(4-5-10)7-9(11)13-14/h12,14H,2-8H2,1H3,(H2,11,13). The fourth-order valence-corrected chi connectivity index (χ4v) is 1.67. The molecule has 0 aromatic heterocycles. The third kappa shape index (κ3) is 3.54. The summed E-state index contributed by atoms with van der Waals surface area (Å²) in [5.74, 6) is 0.361. The summed E-state index contributed by atoms with van der Waals surface area (Å²) in [5.41, 5.74) is 5.80. The molecular weight excluding hydrogens is 178 g/mol. The second kappa shape index (κ2) is 5.20. The van der Waals surface area contributed by atoms with E-state index in [1.165, 1.54) is 25.7 Å². The molecule has 1 rings (SSSR count). The Kier molecular flexibility index (Phi) is 4.20. The van der Waals surface area contributed by atoms with Crippen LogP contribution in [0.3, 0.4) is 0 Å². The van der Waals surface area contributed by atoms with Crippen molar-refractivity contribution in [1.29, 1.82) is 0 Å². The van der Waals surface area contributed by atoms with Gasteiger partial charge in [-0.05, 0) is 31.2 Å². The predicted molar refractivity (Wildman–Crippen MR) is 57.5 cm³/mol. The molecule has 0 unspecified atom stereocenters. The lowest BCUT2D eigenvalue weighted by molar-refractivity contribution is 0.314. The van der Waals surface area contributed by atoms with E-state index in [9.17, 15) is 0 Å². The number of amidine groups is 1. The second-order valence-electron chi connectivity index (χ2n) is 4.30. The first-order valence-electron chi connectivity index (χ1n) is 5.39. The zero-order valence-corrected chi connectivity index (χ0v) is 8.92. The zero-order chi connectivity index (χ0) is 10.4. The summed E-state index contributed by atoms with van der Waals surface area (Å²) >= 11 is 0. The van der Waals surface area contributed by atoms with Crippen molar-refractivity contribution in [2.75, 3.05) is 13.1 Å². The molecule has 0 aromatic carbocycles. The molecule has 0 saturated heterocycles. The van der Waals surface area contributed by atoms with Gasteiger partial charge in [0.1, 0.15) is 5.84 Å². The van der Waals surface area contributed by atoms with Crippen molar-refractivity contribution in [3.63, 3.8) is 0 Å². The van der Waals surface area contributed by atoms with Gasteiger partial charge >= 0.3 is 0 Å². The van der Waals surface area contributed by atoms with E-state index >= 15 is 0 Å². The van der Waals surface area contributed by atoms with Crippen LogP contribution in [0.1, 0.15) is 39.0 Å². The predicted octanol–water partition coefficient (Wildman–Crippen LogP) is 1.29. The summed E-state index contributed by atoms with van der Waals surface area (Å²) in [7, 11) is 0. The van der Waals surface area contributed by atoms with Crippen LogP contribution < -0.4 is 11.1 Å². The first-order chi connectivity index (χ1) is 6.72. The van der Waals surface area contributed by atoms with E-state index in [2.05, 4.69) is 17.4 Å². The third-order valence-electron chi connectivity index (χ3n) is 2.85. The molecule has 0 spiro atoms. The molecular formula is C10H21N3O. The van der Waals surface area contributed by atoms with Crippen molar-refractivity contribution in [2.45, 2.75) is 39.0 Å². The molecule has 4 heteroatoms. The first kappa shape index (κ1) is 11.3. The Morgan fingerprint density at radius 3 is 2.79 bits per heavy atom. The fourth-order valence-electron chi connectivity index (χ4n) is 1.67. The van der Waals surface area contributed by atoms with Gasteiger partial charge in [0.15, 0.2) is 0 Å². The Bertz CT molecular complexity index is 200. The molecule has 0 amide bonds. The highest BCUT2D eigenvalue weighted by atomic mass is 16.4. The van der Waals surface area contributed by atoms with Crippen LogP contribution in [0.25, 0.3) is 0 Å². The molecule has 0 atom stereocenters. The molecule has 0 heterocycles. The maximum absolute atomic E-state index is 8.48. The number of hydrogen-bond acceptors (Lipinski definition) is 3. The molecule has 1 fully saturated rings. The molecule has 1 aliphatic rings. The SMILES string of the molecule is CCCCNCC1(CC(N)=NO)CC1. The summed E-state index contributed by atoms with van der Waals surface area (Å²) in [6.45, 7) is 4.27. The van der Waals surface area contributed by atoms with Gasteiger partial charge in [0.05, 0.1) is 0 Å². The number of unbranched alkanes of at least 4 members (excludes halogenated alkanes) is 1. The minimum Gasteiger partial charge on any atom is -0.409 e. The quantitative estimate of drug-likeness (QED) is 0.190. The zero-order valence-electron chi connectivity index (χ0n) is 8.92. The summed E-state index contributed by atoms with van der Waals surface area (Å²) in [5, 5.41) is 14.9. The first-order valence-corrected chi connectivity index (χ1v) is 5.39. The molecule has 14 heavy (non-hydrogen) atoms. The number of oxime groups is 1. The highest BCUT2D eigenvalue weighted by Crippen LogP contribution is 2.48. The number of hydrogen-bond donors (Lipinski definition) is 3. The number of nitrogens with one attached hydrogen (secondary N) is 1. The number of rotatable bonds is 7. The maximum atomic E-state index is 8.48. The minimum atomic E-state index is 0.296. The molecule has 0 radical (unpaired) electrons. The monoisotopic (exact) mass is 199 g/mol. The van der Waals surface area contributed by atoms with Gasteiger partial charge < -0.3 is 16.3 Å². The van der Waals surface area contributed by atoms with Crippen LogP contribution in [0.2, 0.25) is 0 Å². The smallest absolute Gasteiger partial charge is 0.139 e. The maximum Gasteiger partial charge on any atom is 0.139 e. The molecule has 1 saturated carbocycles. The van der Waals surface area contributed by atoms with Gasteiger partial charge in [-0.3, -0.25) is 0 Å². The van der Waals surface area contributed by atoms with Gasteiger partial charge in [0.25, 0.3) is 0 Å². The summed E-state index contributed by atoms with van der Waals surface area (Å²) < 4.78 is 0. The van der Waals surface area contributed by atoms with E-state index in [0.717, 1.165) is 19.5 Å². The van der Waals surface area contributed by atoms with Gasteiger partial charge in [-0.15, -0.1) is 0 Å². The van der Waals surface area contributed by atoms with E-state index < -0.39 is 0 Å². The highest BCUT2D eigenvalue weighted by molar-refractivity contribution is 5.80. The van der Waals surface area contributed by atoms with Crippen molar-refractivity contribution < 1.29 is 5.21 Å². The summed E-state index contributed by atoms with van der Waals surface area (Å²) in [6, 6.07) is 0. The normalized spacial score (nSPS) is 19.6. The largest absolute Gasteiger partial charge is 0.409 e. The van der Waals surface area contributed by atoms with Gasteiger partial charge in [0, 0.05) is 13.0 Å². The van der Waals surface area contributed by atoms with Gasteiger partial charge in [0.2, 0.25) is 0 Å². The Balaban J connectivity index is 2.16. The van der Waals surface area contributed by atoms with Crippen LogP contribution in [0, 0.1) is 5.41 Å². The average Bonchev–Trinajstić information content (AvgIpc) is 2.93. The van der Waals surface area contributed by atoms with Crippen LogP contribution in [0.15, 0.2) is 5.16 Å². The van der Waals surface area contributed by atoms with Crippen LogP contribution >= 0.6 is 0 Å². The van der Waals surface area contributed by atoms with Crippen LogP contribution in [0.4, 0.5) is 0 Å². The molecule has 0 aromatic rings. The van der Waals surface area contributed by atoms with Gasteiger partial charge in [-0.1, -0.05) is 18.5 Å². The van der Waals surface area contributed by atoms with Crippen molar-refractivity contribution >= 4 is 5.84 Å². The molecule has 82 valence electrons. The van der Waals surface area contributed by atoms with Crippen LogP contribution in [-0.2, 0) is 0 Å². The fraction of sp³-hybridized carbons (Fsp3) is 0.900. The van der Waals surface area contributed by atoms with Crippen molar-refractivity contribution in [3.8, 4) is 0 Å². The molecule has 0 aliphatic heterocycles. The van der Waals surface area contributed by atoms with E-state index in [0.29, 0.717) is 11.3 Å². The van der Waals surface area contributed by atoms with Gasteiger partial charge in [-0.25, -0.2) is 0 Å². The van der Waals surface area contributed by atoms with Crippen molar-refractivity contribution in [2.24, 2.45) is 16.3 Å². The lowest BCUT2D eigenvalue weighted by Gasteiger charge is -2.14. The molecule has 0 bridgehead atoms. The lowest BCUT2D eigenvalue weighted by atomic mass is 10.0. The van der Waals surface area contributed by atoms with Crippen LogP contribution in [0.5, 0.6) is 0 Å². The highest BCUT2D eigenvalue weighted by Gasteiger charge is 2.42. The molecule has 4 N–H and O–H groups in total. The Labute approximate surface area is 85.6 Å². The molecule has 4 nitrogen and oxygen atoms in total. The summed E-state index contributed by atoms with van der Waals surface area (Å²) in [6.07, 6.45) is 5.56. The summed E-state index contributed by atoms with van der Waals surface area (Å²) in [4.78, 5) is 0. The minimum absolute atomic E-state index is 0.296. The van der Waals surface area contributed by atoms with Crippen molar-refractivity contribution in [3.05, 3.63) is 0 Å². The van der Waals surface area contributed by atoms with Crippen LogP contribution in [-0.4, -0.2) is 24.1 Å². The topological polar surface area (TPSA) is 70.6 Å².